The highest BCUT2D eigenvalue weighted by Gasteiger charge is 2.27. The molecule has 0 bridgehead atoms. The van der Waals surface area contributed by atoms with Crippen molar-refractivity contribution >= 4 is 6.03 Å². The van der Waals surface area contributed by atoms with Crippen LogP contribution in [0.3, 0.4) is 0 Å². The fraction of sp³-hybridized carbons (Fsp3) is 0.500. The Bertz CT molecular complexity index is 631. The molecule has 0 radical (unpaired) electrons. The monoisotopic (exact) mass is 288 g/mol. The molecule has 1 aliphatic heterocycles. The Labute approximate surface area is 123 Å². The smallest absolute Gasteiger partial charge is 0.317 e. The van der Waals surface area contributed by atoms with E-state index in [0.29, 0.717) is 12.5 Å². The molecule has 3 rings (SSSR count). The molecule has 21 heavy (non-hydrogen) atoms. The first-order valence-corrected chi connectivity index (χ1v) is 7.10. The second kappa shape index (κ2) is 5.59. The van der Waals surface area contributed by atoms with E-state index in [1.807, 2.05) is 37.6 Å². The highest BCUT2D eigenvalue weighted by molar-refractivity contribution is 5.74. The van der Waals surface area contributed by atoms with Gasteiger partial charge < -0.3 is 10.2 Å². The molecule has 112 valence electrons. The van der Waals surface area contributed by atoms with E-state index in [1.54, 1.807) is 15.6 Å². The van der Waals surface area contributed by atoms with Crippen molar-refractivity contribution in [2.75, 3.05) is 13.1 Å². The van der Waals surface area contributed by atoms with Crippen LogP contribution in [0.5, 0.6) is 0 Å². The molecule has 0 aliphatic carbocycles. The molecule has 7 nitrogen and oxygen atoms in total. The van der Waals surface area contributed by atoms with Gasteiger partial charge in [-0.2, -0.15) is 10.2 Å². The van der Waals surface area contributed by atoms with E-state index in [0.717, 1.165) is 25.1 Å². The predicted octanol–water partition coefficient (Wildman–Crippen LogP) is 0.853. The molecule has 1 N–H and O–H groups in total. The average molecular weight is 288 g/mol. The summed E-state index contributed by atoms with van der Waals surface area (Å²) in [6.07, 6.45) is 8.58. The second-order valence-electron chi connectivity index (χ2n) is 5.56. The summed E-state index contributed by atoms with van der Waals surface area (Å²) in [5, 5.41) is 11.2. The van der Waals surface area contributed by atoms with Crippen LogP contribution in [0.2, 0.25) is 0 Å². The van der Waals surface area contributed by atoms with Gasteiger partial charge in [0.2, 0.25) is 0 Å². The van der Waals surface area contributed by atoms with Gasteiger partial charge in [0, 0.05) is 57.6 Å². The van der Waals surface area contributed by atoms with Gasteiger partial charge in [-0.05, 0) is 12.0 Å². The number of nitrogens with one attached hydrogen (secondary N) is 1. The maximum atomic E-state index is 12.2. The van der Waals surface area contributed by atoms with Gasteiger partial charge in [0.05, 0.1) is 12.4 Å². The number of likely N-dealkylation sites (tertiary alicyclic amines) is 1. The largest absolute Gasteiger partial charge is 0.334 e. The van der Waals surface area contributed by atoms with Crippen LogP contribution in [0.25, 0.3) is 0 Å². The van der Waals surface area contributed by atoms with Crippen molar-refractivity contribution in [1.29, 1.82) is 0 Å². The fourth-order valence-corrected chi connectivity index (χ4v) is 2.72. The van der Waals surface area contributed by atoms with Crippen molar-refractivity contribution in [1.82, 2.24) is 29.8 Å². The van der Waals surface area contributed by atoms with E-state index in [4.69, 9.17) is 0 Å². The topological polar surface area (TPSA) is 68.0 Å². The van der Waals surface area contributed by atoms with Gasteiger partial charge >= 0.3 is 6.03 Å². The number of aryl methyl sites for hydroxylation is 2. The van der Waals surface area contributed by atoms with E-state index in [2.05, 4.69) is 15.5 Å². The van der Waals surface area contributed by atoms with E-state index < -0.39 is 0 Å². The number of hydrogen-bond donors (Lipinski definition) is 1. The molecule has 0 aromatic carbocycles. The molecular weight excluding hydrogens is 268 g/mol. The number of aromatic nitrogens is 4. The summed E-state index contributed by atoms with van der Waals surface area (Å²) >= 11 is 0. The van der Waals surface area contributed by atoms with Gasteiger partial charge in [-0.25, -0.2) is 4.79 Å². The summed E-state index contributed by atoms with van der Waals surface area (Å²) in [5.41, 5.74) is 2.22. The van der Waals surface area contributed by atoms with E-state index in [9.17, 15) is 4.79 Å². The van der Waals surface area contributed by atoms with Crippen LogP contribution in [0.4, 0.5) is 4.79 Å². The molecule has 0 spiro atoms. The lowest BCUT2D eigenvalue weighted by atomic mass is 10.0. The first-order chi connectivity index (χ1) is 10.1. The lowest BCUT2D eigenvalue weighted by Gasteiger charge is -2.16. The number of urea groups is 1. The summed E-state index contributed by atoms with van der Waals surface area (Å²) in [6.45, 7) is 2.06. The van der Waals surface area contributed by atoms with Crippen molar-refractivity contribution in [3.8, 4) is 0 Å². The molecule has 2 amide bonds. The highest BCUT2D eigenvalue weighted by Crippen LogP contribution is 2.26. The summed E-state index contributed by atoms with van der Waals surface area (Å²) in [4.78, 5) is 14.0. The van der Waals surface area contributed by atoms with Gasteiger partial charge in [-0.3, -0.25) is 9.36 Å². The lowest BCUT2D eigenvalue weighted by molar-refractivity contribution is 0.208. The van der Waals surface area contributed by atoms with Gasteiger partial charge in [0.15, 0.2) is 0 Å². The molecular formula is C14H20N6O. The summed E-state index contributed by atoms with van der Waals surface area (Å²) < 4.78 is 3.54. The molecule has 1 unspecified atom stereocenters. The third-order valence-corrected chi connectivity index (χ3v) is 3.87. The first kappa shape index (κ1) is 13.7. The summed E-state index contributed by atoms with van der Waals surface area (Å²) in [7, 11) is 3.78. The third-order valence-electron chi connectivity index (χ3n) is 3.87. The zero-order chi connectivity index (χ0) is 14.8. The molecule has 1 atom stereocenters. The van der Waals surface area contributed by atoms with Crippen LogP contribution in [0.15, 0.2) is 24.8 Å². The van der Waals surface area contributed by atoms with E-state index >= 15 is 0 Å². The molecule has 1 fully saturated rings. The normalized spacial score (nSPS) is 18.2. The second-order valence-corrected chi connectivity index (χ2v) is 5.56. The third kappa shape index (κ3) is 3.07. The van der Waals surface area contributed by atoms with Gasteiger partial charge in [-0.15, -0.1) is 0 Å². The molecule has 2 aromatic heterocycles. The van der Waals surface area contributed by atoms with E-state index in [1.165, 1.54) is 5.56 Å². The summed E-state index contributed by atoms with van der Waals surface area (Å²) in [5.74, 6) is 0.392. The molecule has 1 aliphatic rings. The van der Waals surface area contributed by atoms with Crippen LogP contribution in [0, 0.1) is 0 Å². The van der Waals surface area contributed by atoms with Crippen molar-refractivity contribution in [2.45, 2.75) is 18.9 Å². The van der Waals surface area contributed by atoms with Crippen molar-refractivity contribution in [3.05, 3.63) is 35.9 Å². The maximum Gasteiger partial charge on any atom is 0.317 e. The van der Waals surface area contributed by atoms with Crippen LogP contribution >= 0.6 is 0 Å². The van der Waals surface area contributed by atoms with Crippen LogP contribution in [0.1, 0.15) is 23.5 Å². The Balaban J connectivity index is 1.52. The zero-order valence-electron chi connectivity index (χ0n) is 12.4. The minimum absolute atomic E-state index is 0.00903. The lowest BCUT2D eigenvalue weighted by Crippen LogP contribution is -2.37. The number of hydrogen-bond acceptors (Lipinski definition) is 3. The predicted molar refractivity (Wildman–Crippen MR) is 77.6 cm³/mol. The Morgan fingerprint density at radius 3 is 2.71 bits per heavy atom. The minimum Gasteiger partial charge on any atom is -0.334 e. The number of carbonyl (C=O) groups is 1. The van der Waals surface area contributed by atoms with Crippen molar-refractivity contribution in [2.24, 2.45) is 14.1 Å². The molecule has 2 aromatic rings. The molecule has 3 heterocycles. The number of rotatable bonds is 3. The molecule has 0 saturated carbocycles. The minimum atomic E-state index is -0.00903. The van der Waals surface area contributed by atoms with E-state index in [-0.39, 0.29) is 6.03 Å². The Morgan fingerprint density at radius 2 is 2.05 bits per heavy atom. The van der Waals surface area contributed by atoms with Gasteiger partial charge in [0.1, 0.15) is 0 Å². The number of carbonyl (C=O) groups excluding carboxylic acids is 1. The Kier molecular flexibility index (Phi) is 3.64. The average Bonchev–Trinajstić information content (AvgIpc) is 3.16. The molecule has 7 heteroatoms. The van der Waals surface area contributed by atoms with Gasteiger partial charge in [-0.1, -0.05) is 0 Å². The fourth-order valence-electron chi connectivity index (χ4n) is 2.72. The SMILES string of the molecule is Cn1cc(CNC(=O)N2CCC(c3cnn(C)c3)C2)cn1. The quantitative estimate of drug-likeness (QED) is 0.910. The highest BCUT2D eigenvalue weighted by atomic mass is 16.2. The maximum absolute atomic E-state index is 12.2. The van der Waals surface area contributed by atoms with Crippen LogP contribution in [-0.4, -0.2) is 43.6 Å². The Morgan fingerprint density at radius 1 is 1.29 bits per heavy atom. The number of amides is 2. The zero-order valence-corrected chi connectivity index (χ0v) is 12.4. The van der Waals surface area contributed by atoms with Crippen molar-refractivity contribution < 1.29 is 4.79 Å². The standard InChI is InChI=1S/C14H20N6O/c1-18-8-11(6-16-18)5-15-14(21)20-4-3-12(10-20)13-7-17-19(2)9-13/h6-9,12H,3-5,10H2,1-2H3,(H,15,21). The summed E-state index contributed by atoms with van der Waals surface area (Å²) in [6, 6.07) is -0.00903. The van der Waals surface area contributed by atoms with Gasteiger partial charge in [0.25, 0.3) is 0 Å². The van der Waals surface area contributed by atoms with Crippen molar-refractivity contribution in [3.63, 3.8) is 0 Å². The van der Waals surface area contributed by atoms with Crippen LogP contribution < -0.4 is 5.32 Å². The first-order valence-electron chi connectivity index (χ1n) is 7.10. The Hall–Kier alpha value is -2.31. The number of nitrogens with zero attached hydrogens (tertiary/aromatic N) is 5. The molecule has 1 saturated heterocycles. The van der Waals surface area contributed by atoms with Crippen LogP contribution in [-0.2, 0) is 20.6 Å².